The van der Waals surface area contributed by atoms with Crippen LogP contribution in [0.3, 0.4) is 0 Å². The predicted molar refractivity (Wildman–Crippen MR) is 80.5 cm³/mol. The summed E-state index contributed by atoms with van der Waals surface area (Å²) in [5.41, 5.74) is 1.42. The number of benzene rings is 1. The number of carbonyl (C=O) groups excluding carboxylic acids is 1. The largest absolute Gasteiger partial charge is 0.344 e. The molecule has 1 heterocycles. The lowest BCUT2D eigenvalue weighted by atomic mass is 9.94. The number of amides is 1. The summed E-state index contributed by atoms with van der Waals surface area (Å²) in [5.74, 6) is 0.950. The minimum atomic E-state index is 0.0568. The molecule has 0 aromatic heterocycles. The van der Waals surface area contributed by atoms with Crippen molar-refractivity contribution in [1.29, 1.82) is 0 Å². The second-order valence-electron chi connectivity index (χ2n) is 6.25. The van der Waals surface area contributed by atoms with Gasteiger partial charge in [0, 0.05) is 19.6 Å². The molecule has 3 rings (SSSR count). The molecular weight excluding hydrogens is 248 g/mol. The molecule has 20 heavy (non-hydrogen) atoms. The first-order valence-corrected chi connectivity index (χ1v) is 7.79. The molecule has 0 bridgehead atoms. The summed E-state index contributed by atoms with van der Waals surface area (Å²) >= 11 is 0. The fourth-order valence-corrected chi connectivity index (χ4v) is 3.65. The molecule has 0 spiro atoms. The van der Waals surface area contributed by atoms with E-state index in [2.05, 4.69) is 35.6 Å². The van der Waals surface area contributed by atoms with Crippen molar-refractivity contribution in [2.24, 2.45) is 5.92 Å². The Morgan fingerprint density at radius 2 is 2.00 bits per heavy atom. The van der Waals surface area contributed by atoms with Crippen LogP contribution in [0.2, 0.25) is 0 Å². The molecule has 1 aliphatic heterocycles. The Bertz CT molecular complexity index is 459. The second kappa shape index (κ2) is 5.96. The van der Waals surface area contributed by atoms with E-state index in [4.69, 9.17) is 0 Å². The highest BCUT2D eigenvalue weighted by molar-refractivity contribution is 5.83. The van der Waals surface area contributed by atoms with Gasteiger partial charge in [-0.2, -0.15) is 0 Å². The molecule has 3 atom stereocenters. The number of rotatable bonds is 4. The number of nitrogens with one attached hydrogen (secondary N) is 1. The van der Waals surface area contributed by atoms with Gasteiger partial charge in [0.25, 0.3) is 0 Å². The van der Waals surface area contributed by atoms with Crippen LogP contribution in [0.4, 0.5) is 0 Å². The number of likely N-dealkylation sites (tertiary alicyclic amines) is 1. The molecule has 1 aromatic rings. The average Bonchev–Trinajstić information content (AvgIpc) is 3.02. The zero-order chi connectivity index (χ0) is 13.9. The van der Waals surface area contributed by atoms with Gasteiger partial charge in [0.05, 0.1) is 6.04 Å². The number of nitrogens with zero attached hydrogens (tertiary/aromatic N) is 1. The summed E-state index contributed by atoms with van der Waals surface area (Å²) in [6.07, 6.45) is 5.87. The minimum Gasteiger partial charge on any atom is -0.344 e. The van der Waals surface area contributed by atoms with E-state index in [1.54, 1.807) is 0 Å². The highest BCUT2D eigenvalue weighted by Gasteiger charge is 2.34. The lowest BCUT2D eigenvalue weighted by molar-refractivity contribution is -0.128. The van der Waals surface area contributed by atoms with Gasteiger partial charge in [-0.15, -0.1) is 0 Å². The van der Waals surface area contributed by atoms with Gasteiger partial charge in [-0.3, -0.25) is 4.79 Å². The number of likely N-dealkylation sites (N-methyl/N-ethyl adjacent to an activating group) is 1. The molecule has 1 N–H and O–H groups in total. The Hall–Kier alpha value is -1.35. The van der Waals surface area contributed by atoms with Gasteiger partial charge in [-0.05, 0) is 37.2 Å². The highest BCUT2D eigenvalue weighted by atomic mass is 16.2. The monoisotopic (exact) mass is 272 g/mol. The normalized spacial score (nSPS) is 30.1. The Kier molecular flexibility index (Phi) is 4.06. The van der Waals surface area contributed by atoms with E-state index in [-0.39, 0.29) is 11.9 Å². The van der Waals surface area contributed by atoms with Gasteiger partial charge in [-0.25, -0.2) is 0 Å². The summed E-state index contributed by atoms with van der Waals surface area (Å²) in [5, 5.41) is 3.64. The van der Waals surface area contributed by atoms with Crippen LogP contribution in [0.15, 0.2) is 30.3 Å². The smallest absolute Gasteiger partial charge is 0.239 e. The fourth-order valence-electron chi connectivity index (χ4n) is 3.65. The molecular formula is C17H24N2O. The SMILES string of the molecule is CN1CC[C@H](N[C@@H]2CCC[C@@H]2Cc2ccccc2)C1=O. The van der Waals surface area contributed by atoms with Gasteiger partial charge < -0.3 is 10.2 Å². The van der Waals surface area contributed by atoms with Gasteiger partial charge in [-0.1, -0.05) is 36.8 Å². The van der Waals surface area contributed by atoms with E-state index in [0.717, 1.165) is 19.4 Å². The zero-order valence-corrected chi connectivity index (χ0v) is 12.2. The standard InChI is InChI=1S/C17H24N2O/c1-19-11-10-16(17(19)20)18-15-9-5-8-14(15)12-13-6-3-2-4-7-13/h2-4,6-7,14-16,18H,5,8-12H2,1H3/t14-,15-,16+/m1/s1. The van der Waals surface area contributed by atoms with Crippen molar-refractivity contribution in [2.75, 3.05) is 13.6 Å². The Morgan fingerprint density at radius 1 is 1.20 bits per heavy atom. The summed E-state index contributed by atoms with van der Waals surface area (Å²) in [6.45, 7) is 0.895. The Balaban J connectivity index is 1.60. The van der Waals surface area contributed by atoms with Crippen LogP contribution in [-0.2, 0) is 11.2 Å². The van der Waals surface area contributed by atoms with Gasteiger partial charge in [0.2, 0.25) is 5.91 Å². The van der Waals surface area contributed by atoms with E-state index in [0.29, 0.717) is 12.0 Å². The van der Waals surface area contributed by atoms with E-state index < -0.39 is 0 Å². The number of carbonyl (C=O) groups is 1. The maximum absolute atomic E-state index is 12.0. The highest BCUT2D eigenvalue weighted by Crippen LogP contribution is 2.30. The molecule has 1 amide bonds. The minimum absolute atomic E-state index is 0.0568. The van der Waals surface area contributed by atoms with E-state index >= 15 is 0 Å². The molecule has 2 fully saturated rings. The molecule has 2 aliphatic rings. The van der Waals surface area contributed by atoms with Crippen LogP contribution in [0.1, 0.15) is 31.2 Å². The van der Waals surface area contributed by atoms with Crippen molar-refractivity contribution in [3.05, 3.63) is 35.9 Å². The third kappa shape index (κ3) is 2.88. The topological polar surface area (TPSA) is 32.3 Å². The van der Waals surface area contributed by atoms with Crippen molar-refractivity contribution < 1.29 is 4.79 Å². The van der Waals surface area contributed by atoms with Crippen LogP contribution in [0, 0.1) is 5.92 Å². The van der Waals surface area contributed by atoms with Crippen molar-refractivity contribution in [1.82, 2.24) is 10.2 Å². The predicted octanol–water partition coefficient (Wildman–Crippen LogP) is 2.22. The molecule has 1 saturated heterocycles. The van der Waals surface area contributed by atoms with Crippen LogP contribution in [0.25, 0.3) is 0 Å². The van der Waals surface area contributed by atoms with Crippen LogP contribution < -0.4 is 5.32 Å². The van der Waals surface area contributed by atoms with Gasteiger partial charge in [0.1, 0.15) is 0 Å². The summed E-state index contributed by atoms with van der Waals surface area (Å²) in [6, 6.07) is 11.3. The van der Waals surface area contributed by atoms with Crippen molar-refractivity contribution in [3.63, 3.8) is 0 Å². The summed E-state index contributed by atoms with van der Waals surface area (Å²) < 4.78 is 0. The Labute approximate surface area is 121 Å². The van der Waals surface area contributed by atoms with Crippen molar-refractivity contribution in [3.8, 4) is 0 Å². The van der Waals surface area contributed by atoms with Crippen molar-refractivity contribution in [2.45, 2.75) is 44.2 Å². The molecule has 3 heteroatoms. The van der Waals surface area contributed by atoms with Gasteiger partial charge >= 0.3 is 0 Å². The molecule has 1 aromatic carbocycles. The van der Waals surface area contributed by atoms with E-state index in [9.17, 15) is 4.79 Å². The maximum Gasteiger partial charge on any atom is 0.239 e. The average molecular weight is 272 g/mol. The molecule has 0 radical (unpaired) electrons. The lowest BCUT2D eigenvalue weighted by Crippen LogP contribution is -2.44. The van der Waals surface area contributed by atoms with Crippen LogP contribution in [0.5, 0.6) is 0 Å². The first-order chi connectivity index (χ1) is 9.74. The summed E-state index contributed by atoms with van der Waals surface area (Å²) in [4.78, 5) is 13.9. The zero-order valence-electron chi connectivity index (χ0n) is 12.2. The van der Waals surface area contributed by atoms with Crippen molar-refractivity contribution >= 4 is 5.91 Å². The van der Waals surface area contributed by atoms with Crippen LogP contribution in [-0.4, -0.2) is 36.5 Å². The number of hydrogen-bond donors (Lipinski definition) is 1. The molecule has 0 unspecified atom stereocenters. The molecule has 1 saturated carbocycles. The molecule has 108 valence electrons. The Morgan fingerprint density at radius 3 is 2.70 bits per heavy atom. The molecule has 3 nitrogen and oxygen atoms in total. The number of hydrogen-bond acceptors (Lipinski definition) is 2. The van der Waals surface area contributed by atoms with Gasteiger partial charge in [0.15, 0.2) is 0 Å². The van der Waals surface area contributed by atoms with Crippen LogP contribution >= 0.6 is 0 Å². The second-order valence-corrected chi connectivity index (χ2v) is 6.25. The third-order valence-electron chi connectivity index (χ3n) is 4.84. The fraction of sp³-hybridized carbons (Fsp3) is 0.588. The first-order valence-electron chi connectivity index (χ1n) is 7.79. The molecule has 1 aliphatic carbocycles. The third-order valence-corrected chi connectivity index (χ3v) is 4.84. The summed E-state index contributed by atoms with van der Waals surface area (Å²) in [7, 11) is 1.90. The lowest BCUT2D eigenvalue weighted by Gasteiger charge is -2.24. The first kappa shape index (κ1) is 13.6. The van der Waals surface area contributed by atoms with E-state index in [1.165, 1.54) is 24.8 Å². The van der Waals surface area contributed by atoms with E-state index in [1.807, 2.05) is 11.9 Å². The maximum atomic E-state index is 12.0. The quantitative estimate of drug-likeness (QED) is 0.911.